The third-order valence-corrected chi connectivity index (χ3v) is 6.90. The van der Waals surface area contributed by atoms with Crippen molar-refractivity contribution in [3.05, 3.63) is 81.5 Å². The molecular formula is C27H30ClN3O4S. The molecule has 2 N–H and O–H groups in total. The number of rotatable bonds is 10. The summed E-state index contributed by atoms with van der Waals surface area (Å²) in [5.41, 5.74) is 0.523. The number of nitrogens with zero attached hydrogens (tertiary/aromatic N) is 1. The summed E-state index contributed by atoms with van der Waals surface area (Å²) >= 11 is 7.39. The summed E-state index contributed by atoms with van der Waals surface area (Å²) in [6.07, 6.45) is 0.690. The first-order chi connectivity index (χ1) is 17.1. The van der Waals surface area contributed by atoms with Crippen molar-refractivity contribution in [1.82, 2.24) is 10.6 Å². The highest BCUT2D eigenvalue weighted by Gasteiger charge is 2.35. The Labute approximate surface area is 220 Å². The summed E-state index contributed by atoms with van der Waals surface area (Å²) < 4.78 is 5.38. The minimum atomic E-state index is -1.03. The van der Waals surface area contributed by atoms with E-state index >= 15 is 0 Å². The van der Waals surface area contributed by atoms with Crippen molar-refractivity contribution in [3.63, 3.8) is 0 Å². The number of anilines is 1. The Morgan fingerprint density at radius 2 is 1.81 bits per heavy atom. The summed E-state index contributed by atoms with van der Waals surface area (Å²) in [6, 6.07) is 16.1. The van der Waals surface area contributed by atoms with E-state index in [9.17, 15) is 14.4 Å². The smallest absolute Gasteiger partial charge is 0.261 e. The number of methoxy groups -OCH3 is 1. The number of hydrogen-bond donors (Lipinski definition) is 2. The molecule has 1 heterocycles. The van der Waals surface area contributed by atoms with Gasteiger partial charge in [-0.05, 0) is 73.7 Å². The molecule has 190 valence electrons. The Kier molecular flexibility index (Phi) is 9.12. The van der Waals surface area contributed by atoms with Gasteiger partial charge in [0.1, 0.15) is 11.8 Å². The lowest BCUT2D eigenvalue weighted by Gasteiger charge is -2.34. The molecule has 0 aliphatic carbocycles. The van der Waals surface area contributed by atoms with E-state index < -0.39 is 17.5 Å². The maximum atomic E-state index is 13.8. The largest absolute Gasteiger partial charge is 0.497 e. The second-order valence-electron chi connectivity index (χ2n) is 8.81. The van der Waals surface area contributed by atoms with Gasteiger partial charge in [-0.1, -0.05) is 36.7 Å². The van der Waals surface area contributed by atoms with Crippen LogP contribution in [0.2, 0.25) is 5.02 Å². The summed E-state index contributed by atoms with van der Waals surface area (Å²) in [4.78, 5) is 41.8. The summed E-state index contributed by atoms with van der Waals surface area (Å²) in [7, 11) is 1.54. The van der Waals surface area contributed by atoms with Crippen molar-refractivity contribution in [2.24, 2.45) is 0 Å². The molecule has 1 aromatic heterocycles. The highest BCUT2D eigenvalue weighted by atomic mass is 35.5. The first-order valence-electron chi connectivity index (χ1n) is 11.5. The lowest BCUT2D eigenvalue weighted by atomic mass is 9.98. The van der Waals surface area contributed by atoms with Crippen LogP contribution in [0.25, 0.3) is 0 Å². The summed E-state index contributed by atoms with van der Waals surface area (Å²) in [6.45, 7) is 5.51. The third-order valence-electron chi connectivity index (χ3n) is 5.78. The molecule has 7 nitrogen and oxygen atoms in total. The van der Waals surface area contributed by atoms with E-state index in [4.69, 9.17) is 16.3 Å². The number of halogens is 1. The standard InChI is InChI=1S/C27H30ClN3O4S/c1-5-27(2,3)30-26(34)24(18-8-6-9-21(16-18)35-4)31(20-13-11-19(28)12-14-20)23(32)17-29-25(33)22-10-7-15-36-22/h6-16,24H,5,17H2,1-4H3,(H,29,33)(H,30,34)/t24-/m0/s1. The topological polar surface area (TPSA) is 87.7 Å². The van der Waals surface area contributed by atoms with Gasteiger partial charge in [-0.25, -0.2) is 0 Å². The number of carbonyl (C=O) groups is 3. The number of thiophene rings is 1. The van der Waals surface area contributed by atoms with Crippen LogP contribution in [0, 0.1) is 0 Å². The van der Waals surface area contributed by atoms with Gasteiger partial charge < -0.3 is 15.4 Å². The molecule has 0 radical (unpaired) electrons. The van der Waals surface area contributed by atoms with E-state index in [1.54, 1.807) is 66.0 Å². The lowest BCUT2D eigenvalue weighted by Crippen LogP contribution is -2.52. The molecule has 0 spiro atoms. The predicted molar refractivity (Wildman–Crippen MR) is 144 cm³/mol. The maximum absolute atomic E-state index is 13.8. The van der Waals surface area contributed by atoms with Crippen LogP contribution in [0.1, 0.15) is 48.5 Å². The van der Waals surface area contributed by atoms with Crippen LogP contribution < -0.4 is 20.3 Å². The van der Waals surface area contributed by atoms with Gasteiger partial charge in [0.05, 0.1) is 18.5 Å². The number of nitrogens with one attached hydrogen (secondary N) is 2. The number of ether oxygens (including phenoxy) is 1. The molecule has 0 saturated carbocycles. The molecule has 0 aliphatic heterocycles. The first-order valence-corrected chi connectivity index (χ1v) is 12.8. The average molecular weight is 528 g/mol. The average Bonchev–Trinajstić information content (AvgIpc) is 3.41. The molecule has 3 rings (SSSR count). The molecule has 9 heteroatoms. The predicted octanol–water partition coefficient (Wildman–Crippen LogP) is 5.22. The fourth-order valence-corrected chi connectivity index (χ4v) is 4.26. The molecule has 0 unspecified atom stereocenters. The quantitative estimate of drug-likeness (QED) is 0.378. The van der Waals surface area contributed by atoms with Crippen LogP contribution in [0.5, 0.6) is 5.75 Å². The van der Waals surface area contributed by atoms with E-state index in [0.717, 1.165) is 0 Å². The minimum absolute atomic E-state index is 0.301. The van der Waals surface area contributed by atoms with Gasteiger partial charge in [0.25, 0.3) is 5.91 Å². The Morgan fingerprint density at radius 1 is 1.08 bits per heavy atom. The fraction of sp³-hybridized carbons (Fsp3) is 0.296. The van der Waals surface area contributed by atoms with Gasteiger partial charge in [-0.15, -0.1) is 11.3 Å². The molecule has 0 aliphatic rings. The monoisotopic (exact) mass is 527 g/mol. The normalized spacial score (nSPS) is 11.9. The van der Waals surface area contributed by atoms with E-state index in [-0.39, 0.29) is 18.4 Å². The molecule has 3 amide bonds. The van der Waals surface area contributed by atoms with Gasteiger partial charge >= 0.3 is 0 Å². The van der Waals surface area contributed by atoms with E-state index in [1.165, 1.54) is 23.3 Å². The van der Waals surface area contributed by atoms with Crippen LogP contribution in [0.4, 0.5) is 5.69 Å². The Balaban J connectivity index is 2.04. The van der Waals surface area contributed by atoms with Gasteiger partial charge in [-0.2, -0.15) is 0 Å². The minimum Gasteiger partial charge on any atom is -0.497 e. The zero-order valence-electron chi connectivity index (χ0n) is 20.7. The second-order valence-corrected chi connectivity index (χ2v) is 10.2. The van der Waals surface area contributed by atoms with Crippen LogP contribution in [-0.4, -0.2) is 36.9 Å². The molecular weight excluding hydrogens is 498 g/mol. The van der Waals surface area contributed by atoms with Crippen LogP contribution in [0.3, 0.4) is 0 Å². The molecule has 0 bridgehead atoms. The van der Waals surface area contributed by atoms with Crippen molar-refractivity contribution >= 4 is 46.3 Å². The number of benzene rings is 2. The number of amides is 3. The third kappa shape index (κ3) is 6.86. The van der Waals surface area contributed by atoms with Crippen molar-refractivity contribution in [3.8, 4) is 5.75 Å². The highest BCUT2D eigenvalue weighted by Crippen LogP contribution is 2.31. The maximum Gasteiger partial charge on any atom is 0.261 e. The Hall–Kier alpha value is -3.36. The zero-order chi connectivity index (χ0) is 26.3. The summed E-state index contributed by atoms with van der Waals surface area (Å²) in [5, 5.41) is 8.01. The van der Waals surface area contributed by atoms with Gasteiger partial charge in [0.2, 0.25) is 11.8 Å². The molecule has 0 saturated heterocycles. The van der Waals surface area contributed by atoms with Crippen LogP contribution in [0.15, 0.2) is 66.0 Å². The van der Waals surface area contributed by atoms with E-state index in [1.807, 2.05) is 20.8 Å². The van der Waals surface area contributed by atoms with Gasteiger partial charge in [0, 0.05) is 16.2 Å². The van der Waals surface area contributed by atoms with E-state index in [2.05, 4.69) is 10.6 Å². The molecule has 2 aromatic carbocycles. The molecule has 36 heavy (non-hydrogen) atoms. The Morgan fingerprint density at radius 3 is 2.42 bits per heavy atom. The van der Waals surface area contributed by atoms with Crippen LogP contribution >= 0.6 is 22.9 Å². The fourth-order valence-electron chi connectivity index (χ4n) is 3.49. The molecule has 0 fully saturated rings. The Bertz CT molecular complexity index is 1200. The van der Waals surface area contributed by atoms with Crippen LogP contribution in [-0.2, 0) is 9.59 Å². The molecule has 3 aromatic rings. The van der Waals surface area contributed by atoms with Crippen molar-refractivity contribution in [1.29, 1.82) is 0 Å². The second kappa shape index (κ2) is 12.1. The highest BCUT2D eigenvalue weighted by molar-refractivity contribution is 7.12. The summed E-state index contributed by atoms with van der Waals surface area (Å²) in [5.74, 6) is -0.624. The SMILES string of the molecule is CCC(C)(C)NC(=O)[C@H](c1cccc(OC)c1)N(C(=O)CNC(=O)c1cccs1)c1ccc(Cl)cc1. The first kappa shape index (κ1) is 27.2. The van der Waals surface area contributed by atoms with E-state index in [0.29, 0.717) is 33.3 Å². The van der Waals surface area contributed by atoms with Crippen molar-refractivity contribution in [2.45, 2.75) is 38.8 Å². The lowest BCUT2D eigenvalue weighted by molar-refractivity contribution is -0.127. The van der Waals surface area contributed by atoms with Crippen molar-refractivity contribution < 1.29 is 19.1 Å². The number of hydrogen-bond acceptors (Lipinski definition) is 5. The van der Waals surface area contributed by atoms with Gasteiger partial charge in [0.15, 0.2) is 0 Å². The zero-order valence-corrected chi connectivity index (χ0v) is 22.3. The van der Waals surface area contributed by atoms with Crippen molar-refractivity contribution in [2.75, 3.05) is 18.6 Å². The molecule has 1 atom stereocenters. The number of carbonyl (C=O) groups excluding carboxylic acids is 3. The van der Waals surface area contributed by atoms with Gasteiger partial charge in [-0.3, -0.25) is 19.3 Å².